The molecule has 0 bridgehead atoms. The molecule has 2 aromatic heterocycles. The standard InChI is InChI=1S/C12H13N3O3/c1-4-17-12(16)11-14-10(15-18-11)9-8(3)5-7(2)6-13-9/h5-6H,4H2,1-3H3. The Morgan fingerprint density at radius 1 is 1.44 bits per heavy atom. The summed E-state index contributed by atoms with van der Waals surface area (Å²) in [5, 5.41) is 3.73. The van der Waals surface area contributed by atoms with Gasteiger partial charge in [-0.15, -0.1) is 0 Å². The number of hydrogen-bond donors (Lipinski definition) is 0. The van der Waals surface area contributed by atoms with Crippen LogP contribution in [-0.2, 0) is 4.74 Å². The quantitative estimate of drug-likeness (QED) is 0.771. The van der Waals surface area contributed by atoms with Gasteiger partial charge < -0.3 is 9.26 Å². The van der Waals surface area contributed by atoms with Gasteiger partial charge in [0.05, 0.1) is 6.61 Å². The van der Waals surface area contributed by atoms with Crippen LogP contribution in [0.15, 0.2) is 16.8 Å². The van der Waals surface area contributed by atoms with Gasteiger partial charge in [0, 0.05) is 6.20 Å². The van der Waals surface area contributed by atoms with Crippen molar-refractivity contribution in [2.75, 3.05) is 6.61 Å². The van der Waals surface area contributed by atoms with E-state index in [9.17, 15) is 4.79 Å². The number of nitrogens with zero attached hydrogens (tertiary/aromatic N) is 3. The lowest BCUT2D eigenvalue weighted by Crippen LogP contribution is -2.04. The van der Waals surface area contributed by atoms with Crippen molar-refractivity contribution < 1.29 is 14.1 Å². The van der Waals surface area contributed by atoms with E-state index in [1.807, 2.05) is 19.9 Å². The van der Waals surface area contributed by atoms with Gasteiger partial charge in [-0.2, -0.15) is 4.98 Å². The summed E-state index contributed by atoms with van der Waals surface area (Å²) in [4.78, 5) is 19.6. The van der Waals surface area contributed by atoms with Crippen molar-refractivity contribution in [1.29, 1.82) is 0 Å². The highest BCUT2D eigenvalue weighted by molar-refractivity contribution is 5.84. The maximum Gasteiger partial charge on any atom is 0.397 e. The predicted molar refractivity (Wildman–Crippen MR) is 63.0 cm³/mol. The number of carbonyl (C=O) groups excluding carboxylic acids is 1. The zero-order valence-electron chi connectivity index (χ0n) is 10.4. The molecule has 6 nitrogen and oxygen atoms in total. The number of carbonyl (C=O) groups is 1. The lowest BCUT2D eigenvalue weighted by Gasteiger charge is -2.00. The maximum absolute atomic E-state index is 11.4. The molecule has 2 heterocycles. The van der Waals surface area contributed by atoms with E-state index in [0.717, 1.165) is 11.1 Å². The van der Waals surface area contributed by atoms with Gasteiger partial charge in [0.15, 0.2) is 0 Å². The maximum atomic E-state index is 11.4. The van der Waals surface area contributed by atoms with Crippen LogP contribution >= 0.6 is 0 Å². The van der Waals surface area contributed by atoms with Crippen molar-refractivity contribution in [2.45, 2.75) is 20.8 Å². The summed E-state index contributed by atoms with van der Waals surface area (Å²) < 4.78 is 9.61. The van der Waals surface area contributed by atoms with Gasteiger partial charge in [0.1, 0.15) is 5.69 Å². The Morgan fingerprint density at radius 2 is 2.22 bits per heavy atom. The minimum atomic E-state index is -0.624. The second-order valence-corrected chi connectivity index (χ2v) is 3.82. The Morgan fingerprint density at radius 3 is 2.89 bits per heavy atom. The summed E-state index contributed by atoms with van der Waals surface area (Å²) in [5.41, 5.74) is 2.57. The summed E-state index contributed by atoms with van der Waals surface area (Å²) in [7, 11) is 0. The van der Waals surface area contributed by atoms with E-state index in [0.29, 0.717) is 5.69 Å². The van der Waals surface area contributed by atoms with Gasteiger partial charge in [-0.1, -0.05) is 11.2 Å². The molecule has 2 rings (SSSR count). The Hall–Kier alpha value is -2.24. The smallest absolute Gasteiger partial charge is 0.397 e. The zero-order valence-corrected chi connectivity index (χ0v) is 10.4. The fraction of sp³-hybridized carbons (Fsp3) is 0.333. The number of pyridine rings is 1. The molecule has 0 aliphatic heterocycles. The zero-order chi connectivity index (χ0) is 13.1. The Bertz CT molecular complexity index is 578. The second kappa shape index (κ2) is 4.95. The second-order valence-electron chi connectivity index (χ2n) is 3.82. The van der Waals surface area contributed by atoms with Crippen LogP contribution in [0.3, 0.4) is 0 Å². The molecule has 0 saturated heterocycles. The number of ether oxygens (including phenoxy) is 1. The number of rotatable bonds is 3. The van der Waals surface area contributed by atoms with Crippen LogP contribution < -0.4 is 0 Å². The number of hydrogen-bond acceptors (Lipinski definition) is 6. The van der Waals surface area contributed by atoms with E-state index in [-0.39, 0.29) is 18.3 Å². The fourth-order valence-corrected chi connectivity index (χ4v) is 1.54. The molecule has 18 heavy (non-hydrogen) atoms. The molecule has 94 valence electrons. The fourth-order valence-electron chi connectivity index (χ4n) is 1.54. The van der Waals surface area contributed by atoms with E-state index in [1.165, 1.54) is 0 Å². The summed E-state index contributed by atoms with van der Waals surface area (Å²) >= 11 is 0. The minimum absolute atomic E-state index is 0.159. The molecule has 0 unspecified atom stereocenters. The van der Waals surface area contributed by atoms with E-state index in [4.69, 9.17) is 9.26 Å². The van der Waals surface area contributed by atoms with Crippen molar-refractivity contribution >= 4 is 5.97 Å². The minimum Gasteiger partial charge on any atom is -0.459 e. The third kappa shape index (κ3) is 2.37. The SMILES string of the molecule is CCOC(=O)c1nc(-c2ncc(C)cc2C)no1. The first-order valence-corrected chi connectivity index (χ1v) is 5.56. The van der Waals surface area contributed by atoms with Crippen molar-refractivity contribution in [3.8, 4) is 11.5 Å². The largest absolute Gasteiger partial charge is 0.459 e. The summed E-state index contributed by atoms with van der Waals surface area (Å²) in [6.07, 6.45) is 1.71. The predicted octanol–water partition coefficient (Wildman–Crippen LogP) is 1.93. The Balaban J connectivity index is 2.32. The van der Waals surface area contributed by atoms with Crippen LogP contribution in [-0.4, -0.2) is 27.7 Å². The Kier molecular flexibility index (Phi) is 3.36. The number of esters is 1. The molecule has 0 radical (unpaired) electrons. The third-order valence-electron chi connectivity index (χ3n) is 2.30. The van der Waals surface area contributed by atoms with Gasteiger partial charge in [-0.25, -0.2) is 4.79 Å². The summed E-state index contributed by atoms with van der Waals surface area (Å²) in [5.74, 6) is -0.495. The van der Waals surface area contributed by atoms with Crippen LogP contribution in [0.2, 0.25) is 0 Å². The molecular formula is C12H13N3O3. The molecule has 0 spiro atoms. The van der Waals surface area contributed by atoms with Gasteiger partial charge in [-0.3, -0.25) is 4.98 Å². The highest BCUT2D eigenvalue weighted by Crippen LogP contribution is 2.18. The highest BCUT2D eigenvalue weighted by Gasteiger charge is 2.18. The molecule has 0 aliphatic carbocycles. The van der Waals surface area contributed by atoms with Crippen LogP contribution in [0.25, 0.3) is 11.5 Å². The lowest BCUT2D eigenvalue weighted by molar-refractivity contribution is 0.0470. The molecule has 0 aromatic carbocycles. The van der Waals surface area contributed by atoms with Crippen LogP contribution in [0, 0.1) is 13.8 Å². The summed E-state index contributed by atoms with van der Waals surface area (Å²) in [6.45, 7) is 5.82. The average molecular weight is 247 g/mol. The van der Waals surface area contributed by atoms with Gasteiger partial charge in [0.2, 0.25) is 5.82 Å². The van der Waals surface area contributed by atoms with Crippen molar-refractivity contribution in [3.05, 3.63) is 29.3 Å². The van der Waals surface area contributed by atoms with E-state index in [2.05, 4.69) is 15.1 Å². The van der Waals surface area contributed by atoms with Crippen LogP contribution in [0.5, 0.6) is 0 Å². The first-order valence-electron chi connectivity index (χ1n) is 5.56. The molecule has 0 amide bonds. The lowest BCUT2D eigenvalue weighted by atomic mass is 10.1. The monoisotopic (exact) mass is 247 g/mol. The molecule has 0 N–H and O–H groups in total. The third-order valence-corrected chi connectivity index (χ3v) is 2.30. The molecule has 0 aliphatic rings. The van der Waals surface area contributed by atoms with Crippen molar-refractivity contribution in [2.24, 2.45) is 0 Å². The average Bonchev–Trinajstić information content (AvgIpc) is 2.78. The first-order chi connectivity index (χ1) is 8.61. The topological polar surface area (TPSA) is 78.1 Å². The molecule has 6 heteroatoms. The van der Waals surface area contributed by atoms with Crippen LogP contribution in [0.1, 0.15) is 28.7 Å². The van der Waals surface area contributed by atoms with Gasteiger partial charge in [0.25, 0.3) is 0 Å². The highest BCUT2D eigenvalue weighted by atomic mass is 16.6. The normalized spacial score (nSPS) is 10.4. The first kappa shape index (κ1) is 12.2. The van der Waals surface area contributed by atoms with E-state index < -0.39 is 5.97 Å². The van der Waals surface area contributed by atoms with Gasteiger partial charge in [-0.05, 0) is 31.9 Å². The molecule has 2 aromatic rings. The molecule has 0 atom stereocenters. The Labute approximate surface area is 104 Å². The summed E-state index contributed by atoms with van der Waals surface area (Å²) in [6, 6.07) is 1.96. The van der Waals surface area contributed by atoms with E-state index in [1.54, 1.807) is 13.1 Å². The van der Waals surface area contributed by atoms with Gasteiger partial charge >= 0.3 is 11.9 Å². The molecule has 0 fully saturated rings. The van der Waals surface area contributed by atoms with Crippen LogP contribution in [0.4, 0.5) is 0 Å². The van der Waals surface area contributed by atoms with E-state index >= 15 is 0 Å². The molecular weight excluding hydrogens is 234 g/mol. The number of aryl methyl sites for hydroxylation is 2. The number of aromatic nitrogens is 3. The van der Waals surface area contributed by atoms with Crippen molar-refractivity contribution in [3.63, 3.8) is 0 Å². The van der Waals surface area contributed by atoms with Crippen molar-refractivity contribution in [1.82, 2.24) is 15.1 Å². The molecule has 0 saturated carbocycles.